The van der Waals surface area contributed by atoms with Crippen molar-refractivity contribution in [3.63, 3.8) is 0 Å². The fraction of sp³-hybridized carbons (Fsp3) is 0.778. The Morgan fingerprint density at radius 2 is 1.88 bits per heavy atom. The van der Waals surface area contributed by atoms with E-state index in [0.29, 0.717) is 12.0 Å². The molecule has 1 heterocycles. The molecule has 0 amide bonds. The minimum atomic E-state index is 0. The van der Waals surface area contributed by atoms with Gasteiger partial charge in [0.15, 0.2) is 5.96 Å². The van der Waals surface area contributed by atoms with Gasteiger partial charge in [-0.1, -0.05) is 38.8 Å². The summed E-state index contributed by atoms with van der Waals surface area (Å²) >= 11 is 0. The third kappa shape index (κ3) is 5.63. The summed E-state index contributed by atoms with van der Waals surface area (Å²) in [7, 11) is 0. The molecule has 1 aromatic rings. The zero-order chi connectivity index (χ0) is 16.7. The molecule has 1 aliphatic carbocycles. The van der Waals surface area contributed by atoms with Crippen LogP contribution in [0.2, 0.25) is 0 Å². The number of hydrogen-bond donors (Lipinski definition) is 2. The second kappa shape index (κ2) is 10.3. The van der Waals surface area contributed by atoms with Gasteiger partial charge >= 0.3 is 0 Å². The summed E-state index contributed by atoms with van der Waals surface area (Å²) in [6, 6.07) is 0. The van der Waals surface area contributed by atoms with Gasteiger partial charge in [-0.25, -0.2) is 4.99 Å². The molecule has 0 aliphatic heterocycles. The molecule has 6 heteroatoms. The number of guanidine groups is 1. The van der Waals surface area contributed by atoms with Crippen molar-refractivity contribution in [3.05, 3.63) is 17.0 Å². The van der Waals surface area contributed by atoms with Crippen LogP contribution in [0.5, 0.6) is 0 Å². The number of halogens is 1. The highest BCUT2D eigenvalue weighted by Gasteiger charge is 2.28. The topological polar surface area (TPSA) is 62.5 Å². The van der Waals surface area contributed by atoms with Crippen LogP contribution in [0.4, 0.5) is 0 Å². The maximum absolute atomic E-state index is 5.43. The number of aromatic nitrogens is 1. The summed E-state index contributed by atoms with van der Waals surface area (Å²) < 4.78 is 5.43. The molecule has 1 saturated carbocycles. The maximum atomic E-state index is 5.43. The van der Waals surface area contributed by atoms with Crippen molar-refractivity contribution >= 4 is 29.9 Å². The lowest BCUT2D eigenvalue weighted by Gasteiger charge is -2.25. The van der Waals surface area contributed by atoms with Crippen LogP contribution >= 0.6 is 24.0 Å². The summed E-state index contributed by atoms with van der Waals surface area (Å²) in [4.78, 5) is 4.76. The Kier molecular flexibility index (Phi) is 9.08. The molecule has 0 aromatic carbocycles. The summed E-state index contributed by atoms with van der Waals surface area (Å²) in [5.41, 5.74) is 2.60. The number of aliphatic imine (C=N–C) groups is 1. The smallest absolute Gasteiger partial charge is 0.191 e. The van der Waals surface area contributed by atoms with Crippen molar-refractivity contribution in [2.45, 2.75) is 72.8 Å². The van der Waals surface area contributed by atoms with Gasteiger partial charge in [0, 0.05) is 25.1 Å². The Bertz CT molecular complexity index is 500. The average molecular weight is 448 g/mol. The Balaban J connectivity index is 0.00000288. The summed E-state index contributed by atoms with van der Waals surface area (Å²) in [6.45, 7) is 11.2. The molecular formula is C18H33IN4O. The Morgan fingerprint density at radius 3 is 2.46 bits per heavy atom. The van der Waals surface area contributed by atoms with Crippen LogP contribution in [0.25, 0.3) is 0 Å². The van der Waals surface area contributed by atoms with Gasteiger partial charge in [0.05, 0.1) is 12.2 Å². The summed E-state index contributed by atoms with van der Waals surface area (Å²) in [6.07, 6.45) is 7.07. The van der Waals surface area contributed by atoms with Crippen LogP contribution in [-0.2, 0) is 19.4 Å². The van der Waals surface area contributed by atoms with Crippen molar-refractivity contribution in [2.24, 2.45) is 10.4 Å². The van der Waals surface area contributed by atoms with Gasteiger partial charge in [-0.2, -0.15) is 0 Å². The second-order valence-electron chi connectivity index (χ2n) is 6.80. The molecule has 0 atom stereocenters. The van der Waals surface area contributed by atoms with Crippen LogP contribution in [0.15, 0.2) is 9.52 Å². The van der Waals surface area contributed by atoms with Gasteiger partial charge in [0.2, 0.25) is 0 Å². The summed E-state index contributed by atoms with van der Waals surface area (Å²) in [5, 5.41) is 11.0. The predicted octanol–water partition coefficient (Wildman–Crippen LogP) is 4.05. The number of nitrogens with zero attached hydrogens (tertiary/aromatic N) is 2. The minimum absolute atomic E-state index is 0. The standard InChI is InChI=1S/C18H32N4O.HI/c1-5-15-14(16(6-2)23-22-15)12-20-17(19-7-3)21-13-18(4)10-8-9-11-18;/h5-13H2,1-4H3,(H2,19,20,21);1H. The van der Waals surface area contributed by atoms with Gasteiger partial charge in [-0.05, 0) is 31.6 Å². The highest BCUT2D eigenvalue weighted by atomic mass is 127. The zero-order valence-electron chi connectivity index (χ0n) is 15.6. The molecule has 24 heavy (non-hydrogen) atoms. The van der Waals surface area contributed by atoms with E-state index in [1.165, 1.54) is 25.7 Å². The average Bonchev–Trinajstić information content (AvgIpc) is 3.16. The lowest BCUT2D eigenvalue weighted by atomic mass is 9.89. The normalized spacial score (nSPS) is 16.8. The van der Waals surface area contributed by atoms with Crippen LogP contribution < -0.4 is 10.6 Å². The molecule has 2 rings (SSSR count). The zero-order valence-corrected chi connectivity index (χ0v) is 17.9. The Labute approximate surface area is 163 Å². The molecule has 2 N–H and O–H groups in total. The monoisotopic (exact) mass is 448 g/mol. The van der Waals surface area contributed by atoms with Crippen molar-refractivity contribution in [3.8, 4) is 0 Å². The number of aryl methyl sites for hydroxylation is 2. The van der Waals surface area contributed by atoms with E-state index in [4.69, 9.17) is 9.52 Å². The molecule has 0 radical (unpaired) electrons. The molecule has 1 aromatic heterocycles. The van der Waals surface area contributed by atoms with Crippen LogP contribution in [0.1, 0.15) is 70.4 Å². The van der Waals surface area contributed by atoms with Crippen molar-refractivity contribution in [2.75, 3.05) is 13.1 Å². The van der Waals surface area contributed by atoms with E-state index >= 15 is 0 Å². The molecule has 0 saturated heterocycles. The SMILES string of the molecule is CCNC(=NCc1c(CC)noc1CC)NCC1(C)CCCC1.I. The van der Waals surface area contributed by atoms with E-state index in [0.717, 1.165) is 48.9 Å². The van der Waals surface area contributed by atoms with Crippen molar-refractivity contribution in [1.82, 2.24) is 15.8 Å². The number of rotatable bonds is 7. The fourth-order valence-electron chi connectivity index (χ4n) is 3.32. The van der Waals surface area contributed by atoms with Crippen molar-refractivity contribution < 1.29 is 4.52 Å². The second-order valence-corrected chi connectivity index (χ2v) is 6.80. The first-order valence-electron chi connectivity index (χ1n) is 9.10. The number of hydrogen-bond acceptors (Lipinski definition) is 3. The quantitative estimate of drug-likeness (QED) is 0.375. The molecule has 0 bridgehead atoms. The van der Waals surface area contributed by atoms with Gasteiger partial charge < -0.3 is 15.2 Å². The first-order valence-corrected chi connectivity index (χ1v) is 9.10. The van der Waals surface area contributed by atoms with Crippen molar-refractivity contribution in [1.29, 1.82) is 0 Å². The van der Waals surface area contributed by atoms with Crippen LogP contribution in [0, 0.1) is 5.41 Å². The maximum Gasteiger partial charge on any atom is 0.191 e. The molecule has 5 nitrogen and oxygen atoms in total. The lowest BCUT2D eigenvalue weighted by Crippen LogP contribution is -2.42. The predicted molar refractivity (Wildman–Crippen MR) is 110 cm³/mol. The molecule has 138 valence electrons. The molecule has 0 spiro atoms. The highest BCUT2D eigenvalue weighted by Crippen LogP contribution is 2.36. The fourth-order valence-corrected chi connectivity index (χ4v) is 3.32. The number of nitrogens with one attached hydrogen (secondary N) is 2. The lowest BCUT2D eigenvalue weighted by molar-refractivity contribution is 0.334. The van der Waals surface area contributed by atoms with Gasteiger partial charge in [-0.3, -0.25) is 0 Å². The van der Waals surface area contributed by atoms with Gasteiger partial charge in [-0.15, -0.1) is 24.0 Å². The molecule has 1 aliphatic rings. The molecule has 0 unspecified atom stereocenters. The van der Waals surface area contributed by atoms with Gasteiger partial charge in [0.25, 0.3) is 0 Å². The first-order chi connectivity index (χ1) is 11.1. The van der Waals surface area contributed by atoms with Crippen LogP contribution in [0.3, 0.4) is 0 Å². The highest BCUT2D eigenvalue weighted by molar-refractivity contribution is 14.0. The molecule has 1 fully saturated rings. The van der Waals surface area contributed by atoms with E-state index in [-0.39, 0.29) is 24.0 Å². The largest absolute Gasteiger partial charge is 0.361 e. The third-order valence-electron chi connectivity index (χ3n) is 4.84. The van der Waals surface area contributed by atoms with E-state index < -0.39 is 0 Å². The van der Waals surface area contributed by atoms with Crippen LogP contribution in [-0.4, -0.2) is 24.2 Å². The van der Waals surface area contributed by atoms with E-state index in [2.05, 4.69) is 43.5 Å². The van der Waals surface area contributed by atoms with E-state index in [1.54, 1.807) is 0 Å². The Hall–Kier alpha value is -0.790. The van der Waals surface area contributed by atoms with Gasteiger partial charge in [0.1, 0.15) is 5.76 Å². The third-order valence-corrected chi connectivity index (χ3v) is 4.84. The summed E-state index contributed by atoms with van der Waals surface area (Å²) in [5.74, 6) is 1.86. The molecular weight excluding hydrogens is 415 g/mol. The van der Waals surface area contributed by atoms with E-state index in [1.807, 2.05) is 0 Å². The van der Waals surface area contributed by atoms with E-state index in [9.17, 15) is 0 Å². The first kappa shape index (κ1) is 21.3. The Morgan fingerprint density at radius 1 is 1.17 bits per heavy atom. The minimum Gasteiger partial charge on any atom is -0.361 e.